The largest absolute Gasteiger partial charge is 0.399 e. The third-order valence-corrected chi connectivity index (χ3v) is 2.44. The second-order valence-corrected chi connectivity index (χ2v) is 4.74. The minimum Gasteiger partial charge on any atom is -0.399 e. The number of nitrogens with one attached hydrogen (secondary N) is 2. The standard InChI is InChI=1S/C14H21N3O2/c1-10(2)17-13(18)6-7-16-14(19)9-11-4-3-5-12(15)8-11/h3-5,8,10H,6-7,9,15H2,1-2H3,(H,16,19)(H,17,18). The van der Waals surface area contributed by atoms with Gasteiger partial charge in [0.2, 0.25) is 11.8 Å². The van der Waals surface area contributed by atoms with Crippen molar-refractivity contribution in [1.82, 2.24) is 10.6 Å². The number of anilines is 1. The van der Waals surface area contributed by atoms with Gasteiger partial charge >= 0.3 is 0 Å². The summed E-state index contributed by atoms with van der Waals surface area (Å²) < 4.78 is 0. The van der Waals surface area contributed by atoms with Crippen LogP contribution in [0.4, 0.5) is 5.69 Å². The van der Waals surface area contributed by atoms with Gasteiger partial charge in [0, 0.05) is 24.7 Å². The first-order valence-corrected chi connectivity index (χ1v) is 6.38. The lowest BCUT2D eigenvalue weighted by Crippen LogP contribution is -2.34. The van der Waals surface area contributed by atoms with E-state index < -0.39 is 0 Å². The summed E-state index contributed by atoms with van der Waals surface area (Å²) in [6.45, 7) is 4.15. The maximum Gasteiger partial charge on any atom is 0.224 e. The Hall–Kier alpha value is -2.04. The van der Waals surface area contributed by atoms with Gasteiger partial charge in [0.05, 0.1) is 6.42 Å². The van der Waals surface area contributed by atoms with E-state index in [4.69, 9.17) is 5.73 Å². The topological polar surface area (TPSA) is 84.2 Å². The van der Waals surface area contributed by atoms with Crippen molar-refractivity contribution in [2.45, 2.75) is 32.7 Å². The fourth-order valence-corrected chi connectivity index (χ4v) is 1.66. The summed E-state index contributed by atoms with van der Waals surface area (Å²) in [6, 6.07) is 7.33. The van der Waals surface area contributed by atoms with Crippen LogP contribution in [0.25, 0.3) is 0 Å². The van der Waals surface area contributed by atoms with Crippen molar-refractivity contribution in [2.24, 2.45) is 0 Å². The number of benzene rings is 1. The van der Waals surface area contributed by atoms with Crippen LogP contribution in [0.2, 0.25) is 0 Å². The van der Waals surface area contributed by atoms with E-state index in [9.17, 15) is 9.59 Å². The van der Waals surface area contributed by atoms with E-state index in [1.165, 1.54) is 0 Å². The highest BCUT2D eigenvalue weighted by Crippen LogP contribution is 2.06. The zero-order chi connectivity index (χ0) is 14.3. The van der Waals surface area contributed by atoms with Crippen LogP contribution in [0, 0.1) is 0 Å². The van der Waals surface area contributed by atoms with Gasteiger partial charge in [0.15, 0.2) is 0 Å². The van der Waals surface area contributed by atoms with Gasteiger partial charge in [-0.3, -0.25) is 9.59 Å². The van der Waals surface area contributed by atoms with Crippen LogP contribution in [0.5, 0.6) is 0 Å². The van der Waals surface area contributed by atoms with Gasteiger partial charge in [0.25, 0.3) is 0 Å². The number of hydrogen-bond donors (Lipinski definition) is 3. The fraction of sp³-hybridized carbons (Fsp3) is 0.429. The second-order valence-electron chi connectivity index (χ2n) is 4.74. The van der Waals surface area contributed by atoms with Crippen LogP contribution in [-0.2, 0) is 16.0 Å². The van der Waals surface area contributed by atoms with Gasteiger partial charge in [-0.05, 0) is 31.5 Å². The Bertz CT molecular complexity index is 444. The summed E-state index contributed by atoms with van der Waals surface area (Å²) in [4.78, 5) is 23.0. The maximum atomic E-state index is 11.6. The minimum atomic E-state index is -0.108. The number of nitrogens with two attached hydrogens (primary N) is 1. The van der Waals surface area contributed by atoms with Gasteiger partial charge < -0.3 is 16.4 Å². The molecule has 0 radical (unpaired) electrons. The molecule has 0 aliphatic heterocycles. The molecule has 1 rings (SSSR count). The van der Waals surface area contributed by atoms with Crippen LogP contribution in [-0.4, -0.2) is 24.4 Å². The lowest BCUT2D eigenvalue weighted by Gasteiger charge is -2.09. The number of amides is 2. The Kier molecular flexibility index (Phi) is 5.85. The first kappa shape index (κ1) is 15.0. The number of carbonyl (C=O) groups excluding carboxylic acids is 2. The molecule has 0 unspecified atom stereocenters. The quantitative estimate of drug-likeness (QED) is 0.665. The molecule has 1 aromatic rings. The zero-order valence-corrected chi connectivity index (χ0v) is 11.4. The lowest BCUT2D eigenvalue weighted by molar-refractivity contribution is -0.122. The molecule has 0 fully saturated rings. The normalized spacial score (nSPS) is 10.3. The Morgan fingerprint density at radius 1 is 1.26 bits per heavy atom. The summed E-state index contributed by atoms with van der Waals surface area (Å²) >= 11 is 0. The SMILES string of the molecule is CC(C)NC(=O)CCNC(=O)Cc1cccc(N)c1. The molecule has 104 valence electrons. The van der Waals surface area contributed by atoms with Crippen molar-refractivity contribution in [1.29, 1.82) is 0 Å². The smallest absolute Gasteiger partial charge is 0.224 e. The molecule has 0 aliphatic carbocycles. The molecule has 0 saturated heterocycles. The lowest BCUT2D eigenvalue weighted by atomic mass is 10.1. The molecule has 4 N–H and O–H groups in total. The van der Waals surface area contributed by atoms with Gasteiger partial charge in [0.1, 0.15) is 0 Å². The zero-order valence-electron chi connectivity index (χ0n) is 11.4. The number of rotatable bonds is 6. The van der Waals surface area contributed by atoms with E-state index >= 15 is 0 Å². The van der Waals surface area contributed by atoms with Crippen molar-refractivity contribution in [3.8, 4) is 0 Å². The van der Waals surface area contributed by atoms with Crippen molar-refractivity contribution >= 4 is 17.5 Å². The summed E-state index contributed by atoms with van der Waals surface area (Å²) in [5, 5.41) is 5.48. The molecule has 0 aliphatic rings. The molecule has 2 amide bonds. The first-order chi connectivity index (χ1) is 8.97. The van der Waals surface area contributed by atoms with Crippen LogP contribution < -0.4 is 16.4 Å². The van der Waals surface area contributed by atoms with Crippen molar-refractivity contribution in [3.05, 3.63) is 29.8 Å². The van der Waals surface area contributed by atoms with Crippen LogP contribution in [0.15, 0.2) is 24.3 Å². The number of nitrogen functional groups attached to an aromatic ring is 1. The molecule has 5 heteroatoms. The molecule has 0 bridgehead atoms. The van der Waals surface area contributed by atoms with Gasteiger partial charge in [-0.2, -0.15) is 0 Å². The Balaban J connectivity index is 2.27. The van der Waals surface area contributed by atoms with Crippen molar-refractivity contribution in [3.63, 3.8) is 0 Å². The van der Waals surface area contributed by atoms with Gasteiger partial charge in [-0.1, -0.05) is 12.1 Å². The molecule has 0 spiro atoms. The van der Waals surface area contributed by atoms with E-state index in [-0.39, 0.29) is 24.3 Å². The van der Waals surface area contributed by atoms with Crippen LogP contribution >= 0.6 is 0 Å². The van der Waals surface area contributed by atoms with Crippen LogP contribution in [0.1, 0.15) is 25.8 Å². The van der Waals surface area contributed by atoms with Crippen molar-refractivity contribution < 1.29 is 9.59 Å². The maximum absolute atomic E-state index is 11.6. The van der Waals surface area contributed by atoms with Gasteiger partial charge in [-0.15, -0.1) is 0 Å². The molecule has 0 saturated carbocycles. The minimum absolute atomic E-state index is 0.0562. The average molecular weight is 263 g/mol. The second kappa shape index (κ2) is 7.41. The van der Waals surface area contributed by atoms with E-state index in [2.05, 4.69) is 10.6 Å². The fourth-order valence-electron chi connectivity index (χ4n) is 1.66. The molecule has 0 aromatic heterocycles. The summed E-state index contributed by atoms with van der Waals surface area (Å²) in [5.74, 6) is -0.165. The summed E-state index contributed by atoms with van der Waals surface area (Å²) in [6.07, 6.45) is 0.567. The third-order valence-electron chi connectivity index (χ3n) is 2.44. The highest BCUT2D eigenvalue weighted by molar-refractivity contribution is 5.80. The molecular formula is C14H21N3O2. The monoisotopic (exact) mass is 263 g/mol. The molecule has 5 nitrogen and oxygen atoms in total. The molecule has 19 heavy (non-hydrogen) atoms. The first-order valence-electron chi connectivity index (χ1n) is 6.38. The van der Waals surface area contributed by atoms with Gasteiger partial charge in [-0.25, -0.2) is 0 Å². The molecule has 0 atom stereocenters. The highest BCUT2D eigenvalue weighted by atomic mass is 16.2. The Morgan fingerprint density at radius 3 is 2.63 bits per heavy atom. The van der Waals surface area contributed by atoms with E-state index in [0.717, 1.165) is 5.56 Å². The van der Waals surface area contributed by atoms with E-state index in [1.54, 1.807) is 12.1 Å². The van der Waals surface area contributed by atoms with Crippen LogP contribution in [0.3, 0.4) is 0 Å². The molecular weight excluding hydrogens is 242 g/mol. The molecule has 1 aromatic carbocycles. The molecule has 0 heterocycles. The Labute approximate surface area is 113 Å². The Morgan fingerprint density at radius 2 is 2.00 bits per heavy atom. The predicted octanol–water partition coefficient (Wildman–Crippen LogP) is 0.842. The van der Waals surface area contributed by atoms with Crippen molar-refractivity contribution in [2.75, 3.05) is 12.3 Å². The average Bonchev–Trinajstić information content (AvgIpc) is 2.27. The number of hydrogen-bond acceptors (Lipinski definition) is 3. The third kappa shape index (κ3) is 6.45. The summed E-state index contributed by atoms with van der Waals surface area (Å²) in [5.41, 5.74) is 7.14. The predicted molar refractivity (Wildman–Crippen MR) is 75.5 cm³/mol. The summed E-state index contributed by atoms with van der Waals surface area (Å²) in [7, 11) is 0. The number of carbonyl (C=O) groups is 2. The van der Waals surface area contributed by atoms with E-state index in [0.29, 0.717) is 18.7 Å². The van der Waals surface area contributed by atoms with E-state index in [1.807, 2.05) is 26.0 Å². The highest BCUT2D eigenvalue weighted by Gasteiger charge is 2.06.